The maximum atomic E-state index is 12.9. The summed E-state index contributed by atoms with van der Waals surface area (Å²) >= 11 is 0. The normalized spacial score (nSPS) is 28.9. The quantitative estimate of drug-likeness (QED) is 0.577. The first-order valence-electron chi connectivity index (χ1n) is 13.2. The second-order valence-corrected chi connectivity index (χ2v) is 10.6. The average molecular weight is 462 g/mol. The van der Waals surface area contributed by atoms with Gasteiger partial charge in [0.15, 0.2) is 0 Å². The SMILES string of the molecule is C=CCN1CCC2CCC(C1)N2C(C1=CCC(C(=O)NC2CCCC2)C=C1)c1cccc(O)c1. The number of carbonyl (C=O) groups excluding carboxylic acids is 1. The van der Waals surface area contributed by atoms with Crippen LogP contribution in [0, 0.1) is 5.92 Å². The van der Waals surface area contributed by atoms with Gasteiger partial charge in [-0.15, -0.1) is 6.58 Å². The summed E-state index contributed by atoms with van der Waals surface area (Å²) in [6.07, 6.45) is 17.6. The number of allylic oxidation sites excluding steroid dienone is 1. The van der Waals surface area contributed by atoms with E-state index in [1.54, 1.807) is 6.07 Å². The molecule has 2 aliphatic carbocycles. The predicted molar refractivity (Wildman–Crippen MR) is 136 cm³/mol. The number of hydrogen-bond acceptors (Lipinski definition) is 4. The van der Waals surface area contributed by atoms with Gasteiger partial charge in [-0.2, -0.15) is 0 Å². The van der Waals surface area contributed by atoms with E-state index in [0.717, 1.165) is 50.9 Å². The summed E-state index contributed by atoms with van der Waals surface area (Å²) in [4.78, 5) is 18.1. The van der Waals surface area contributed by atoms with E-state index in [1.165, 1.54) is 31.3 Å². The van der Waals surface area contributed by atoms with Crippen molar-refractivity contribution in [3.8, 4) is 5.75 Å². The average Bonchev–Trinajstić information content (AvgIpc) is 3.44. The van der Waals surface area contributed by atoms with Crippen LogP contribution in [-0.2, 0) is 4.79 Å². The molecule has 1 aromatic rings. The third-order valence-corrected chi connectivity index (χ3v) is 8.28. The fourth-order valence-corrected chi connectivity index (χ4v) is 6.60. The Kier molecular flexibility index (Phi) is 7.21. The van der Waals surface area contributed by atoms with Crippen molar-refractivity contribution in [1.82, 2.24) is 15.1 Å². The molecule has 1 aromatic carbocycles. The van der Waals surface area contributed by atoms with E-state index in [-0.39, 0.29) is 17.9 Å². The molecule has 182 valence electrons. The van der Waals surface area contributed by atoms with Crippen LogP contribution in [0.1, 0.15) is 63.0 Å². The van der Waals surface area contributed by atoms with E-state index in [2.05, 4.69) is 46.0 Å². The fraction of sp³-hybridized carbons (Fsp3) is 0.552. The molecule has 2 N–H and O–H groups in total. The summed E-state index contributed by atoms with van der Waals surface area (Å²) in [5.41, 5.74) is 2.39. The number of likely N-dealkylation sites (tertiary alicyclic amines) is 1. The van der Waals surface area contributed by atoms with Gasteiger partial charge in [0.1, 0.15) is 5.75 Å². The Morgan fingerprint density at radius 2 is 2.00 bits per heavy atom. The summed E-state index contributed by atoms with van der Waals surface area (Å²) in [6, 6.07) is 9.24. The van der Waals surface area contributed by atoms with Crippen molar-refractivity contribution in [2.24, 2.45) is 5.92 Å². The van der Waals surface area contributed by atoms with E-state index in [4.69, 9.17) is 0 Å². The summed E-state index contributed by atoms with van der Waals surface area (Å²) in [6.45, 7) is 7.05. The lowest BCUT2D eigenvalue weighted by Crippen LogP contribution is -2.42. The summed E-state index contributed by atoms with van der Waals surface area (Å²) in [5, 5.41) is 13.6. The van der Waals surface area contributed by atoms with Gasteiger partial charge in [0, 0.05) is 37.8 Å². The van der Waals surface area contributed by atoms with Crippen molar-refractivity contribution in [2.45, 2.75) is 75.5 Å². The van der Waals surface area contributed by atoms with Crippen LogP contribution in [-0.4, -0.2) is 58.6 Å². The Hall–Kier alpha value is -2.37. The number of nitrogens with zero attached hydrogens (tertiary/aromatic N) is 2. The number of hydrogen-bond donors (Lipinski definition) is 2. The lowest BCUT2D eigenvalue weighted by atomic mass is 9.87. The van der Waals surface area contributed by atoms with E-state index in [1.807, 2.05) is 18.2 Å². The minimum Gasteiger partial charge on any atom is -0.508 e. The number of amides is 1. The van der Waals surface area contributed by atoms with E-state index >= 15 is 0 Å². The Balaban J connectivity index is 1.38. The topological polar surface area (TPSA) is 55.8 Å². The molecule has 0 radical (unpaired) electrons. The number of aromatic hydroxyl groups is 1. The zero-order chi connectivity index (χ0) is 23.5. The molecule has 3 fully saturated rings. The van der Waals surface area contributed by atoms with Crippen LogP contribution in [0.5, 0.6) is 5.75 Å². The van der Waals surface area contributed by atoms with Gasteiger partial charge in [-0.05, 0) is 61.8 Å². The monoisotopic (exact) mass is 461 g/mol. The number of phenols is 1. The van der Waals surface area contributed by atoms with Gasteiger partial charge in [-0.1, -0.05) is 49.3 Å². The van der Waals surface area contributed by atoms with Gasteiger partial charge < -0.3 is 10.4 Å². The van der Waals surface area contributed by atoms with E-state index in [0.29, 0.717) is 23.9 Å². The zero-order valence-electron chi connectivity index (χ0n) is 20.2. The third-order valence-electron chi connectivity index (χ3n) is 8.28. The van der Waals surface area contributed by atoms with Gasteiger partial charge in [0.05, 0.1) is 12.0 Å². The predicted octanol–water partition coefficient (Wildman–Crippen LogP) is 4.72. The molecule has 5 nitrogen and oxygen atoms in total. The first kappa shape index (κ1) is 23.4. The number of benzene rings is 1. The molecule has 0 aromatic heterocycles. The number of nitrogens with one attached hydrogen (secondary N) is 1. The molecule has 5 rings (SSSR count). The number of fused-ring (bicyclic) bond motifs is 2. The number of carbonyl (C=O) groups is 1. The zero-order valence-corrected chi connectivity index (χ0v) is 20.2. The Bertz CT molecular complexity index is 948. The second-order valence-electron chi connectivity index (χ2n) is 10.6. The van der Waals surface area contributed by atoms with E-state index in [9.17, 15) is 9.90 Å². The third kappa shape index (κ3) is 5.01. The van der Waals surface area contributed by atoms with Crippen molar-refractivity contribution >= 4 is 5.91 Å². The van der Waals surface area contributed by atoms with Crippen LogP contribution >= 0.6 is 0 Å². The van der Waals surface area contributed by atoms with E-state index < -0.39 is 0 Å². The molecule has 2 aliphatic heterocycles. The van der Waals surface area contributed by atoms with Gasteiger partial charge in [-0.25, -0.2) is 0 Å². The van der Waals surface area contributed by atoms with Crippen molar-refractivity contribution < 1.29 is 9.90 Å². The molecule has 5 heteroatoms. The summed E-state index contributed by atoms with van der Waals surface area (Å²) in [5.74, 6) is 0.396. The molecule has 4 unspecified atom stereocenters. The highest BCUT2D eigenvalue weighted by atomic mass is 16.3. The first-order chi connectivity index (χ1) is 16.6. The highest BCUT2D eigenvalue weighted by Crippen LogP contribution is 2.43. The van der Waals surface area contributed by atoms with Crippen LogP contribution in [0.3, 0.4) is 0 Å². The Morgan fingerprint density at radius 3 is 2.74 bits per heavy atom. The highest BCUT2D eigenvalue weighted by molar-refractivity contribution is 5.81. The van der Waals surface area contributed by atoms with Gasteiger partial charge in [-0.3, -0.25) is 14.6 Å². The van der Waals surface area contributed by atoms with Gasteiger partial charge in [0.25, 0.3) is 0 Å². The standard InChI is InChI=1S/C29H39N3O2/c1-2-17-31-18-16-25-14-15-26(20-31)32(25)28(23-6-5-9-27(33)19-23)21-10-12-22(13-11-21)29(34)30-24-7-3-4-8-24/h2,5-6,9-12,19,22,24-26,28,33H,1,3-4,7-8,13-18,20H2,(H,30,34). The second kappa shape index (κ2) is 10.5. The lowest BCUT2D eigenvalue weighted by molar-refractivity contribution is -0.124. The molecule has 1 saturated carbocycles. The van der Waals surface area contributed by atoms with Crippen molar-refractivity contribution in [3.63, 3.8) is 0 Å². The Labute approximate surface area is 204 Å². The maximum Gasteiger partial charge on any atom is 0.227 e. The molecule has 0 spiro atoms. The van der Waals surface area contributed by atoms with Gasteiger partial charge in [0.2, 0.25) is 5.91 Å². The van der Waals surface area contributed by atoms with Crippen LogP contribution < -0.4 is 5.32 Å². The molecule has 34 heavy (non-hydrogen) atoms. The minimum absolute atomic E-state index is 0.0851. The molecular weight excluding hydrogens is 422 g/mol. The summed E-state index contributed by atoms with van der Waals surface area (Å²) < 4.78 is 0. The molecule has 4 aliphatic rings. The Morgan fingerprint density at radius 1 is 1.18 bits per heavy atom. The van der Waals surface area contributed by atoms with Crippen LogP contribution in [0.4, 0.5) is 0 Å². The van der Waals surface area contributed by atoms with Crippen LogP contribution in [0.25, 0.3) is 0 Å². The molecular formula is C29H39N3O2. The first-order valence-corrected chi connectivity index (χ1v) is 13.2. The number of rotatable bonds is 7. The molecule has 2 bridgehead atoms. The maximum absolute atomic E-state index is 12.9. The van der Waals surface area contributed by atoms with Crippen LogP contribution in [0.2, 0.25) is 0 Å². The van der Waals surface area contributed by atoms with Crippen molar-refractivity contribution in [1.29, 1.82) is 0 Å². The minimum atomic E-state index is -0.0851. The lowest BCUT2D eigenvalue weighted by Gasteiger charge is -2.38. The largest absolute Gasteiger partial charge is 0.508 e. The molecule has 4 atom stereocenters. The summed E-state index contributed by atoms with van der Waals surface area (Å²) in [7, 11) is 0. The molecule has 2 heterocycles. The highest BCUT2D eigenvalue weighted by Gasteiger charge is 2.42. The van der Waals surface area contributed by atoms with Crippen molar-refractivity contribution in [2.75, 3.05) is 19.6 Å². The van der Waals surface area contributed by atoms with Gasteiger partial charge >= 0.3 is 0 Å². The van der Waals surface area contributed by atoms with Crippen LogP contribution in [0.15, 0.2) is 60.7 Å². The fourth-order valence-electron chi connectivity index (χ4n) is 6.60. The number of phenolic OH excluding ortho intramolecular Hbond substituents is 1. The molecule has 2 saturated heterocycles. The van der Waals surface area contributed by atoms with Crippen molar-refractivity contribution in [3.05, 3.63) is 66.3 Å². The molecule has 1 amide bonds. The smallest absolute Gasteiger partial charge is 0.227 e.